The molecule has 1 aliphatic carbocycles. The molecule has 1 heterocycles. The van der Waals surface area contributed by atoms with Gasteiger partial charge in [-0.25, -0.2) is 0 Å². The first-order valence-electron chi connectivity index (χ1n) is 5.59. The van der Waals surface area contributed by atoms with Gasteiger partial charge in [-0.3, -0.25) is 4.98 Å². The molecule has 1 aliphatic rings. The summed E-state index contributed by atoms with van der Waals surface area (Å²) in [5.41, 5.74) is 6.91. The van der Waals surface area contributed by atoms with E-state index in [9.17, 15) is 0 Å². The van der Waals surface area contributed by atoms with Crippen LogP contribution in [0.25, 0.3) is 0 Å². The number of rotatable bonds is 2. The van der Waals surface area contributed by atoms with Crippen molar-refractivity contribution in [2.75, 3.05) is 0 Å². The van der Waals surface area contributed by atoms with Crippen molar-refractivity contribution in [1.29, 1.82) is 0 Å². The van der Waals surface area contributed by atoms with Gasteiger partial charge in [-0.15, -0.1) is 0 Å². The van der Waals surface area contributed by atoms with Crippen LogP contribution in [-0.4, -0.2) is 17.1 Å². The van der Waals surface area contributed by atoms with E-state index in [0.29, 0.717) is 6.04 Å². The van der Waals surface area contributed by atoms with Gasteiger partial charge in [0.2, 0.25) is 0 Å². The number of ether oxygens (including phenoxy) is 1. The van der Waals surface area contributed by atoms with E-state index < -0.39 is 0 Å². The number of hydrogen-bond acceptors (Lipinski definition) is 3. The second-order valence-electron chi connectivity index (χ2n) is 4.30. The number of nitrogens with zero attached hydrogens (tertiary/aromatic N) is 1. The van der Waals surface area contributed by atoms with E-state index in [1.165, 1.54) is 6.42 Å². The third kappa shape index (κ3) is 2.93. The maximum Gasteiger partial charge on any atom is 0.123 e. The Morgan fingerprint density at radius 2 is 2.33 bits per heavy atom. The van der Waals surface area contributed by atoms with Crippen LogP contribution in [0.2, 0.25) is 0 Å². The Morgan fingerprint density at radius 3 is 3.07 bits per heavy atom. The van der Waals surface area contributed by atoms with E-state index in [-0.39, 0.29) is 6.10 Å². The number of pyridine rings is 1. The summed E-state index contributed by atoms with van der Waals surface area (Å²) in [6, 6.07) is 4.19. The Labute approximate surface area is 90.7 Å². The third-order valence-electron chi connectivity index (χ3n) is 2.84. The molecule has 0 radical (unpaired) electrons. The molecule has 1 fully saturated rings. The molecule has 0 spiro atoms. The van der Waals surface area contributed by atoms with E-state index in [0.717, 1.165) is 30.7 Å². The first kappa shape index (κ1) is 10.4. The Bertz CT molecular complexity index is 327. The third-order valence-corrected chi connectivity index (χ3v) is 2.84. The zero-order chi connectivity index (χ0) is 10.7. The van der Waals surface area contributed by atoms with Crippen LogP contribution in [0.5, 0.6) is 5.75 Å². The first-order chi connectivity index (χ1) is 7.24. The molecule has 1 aromatic heterocycles. The van der Waals surface area contributed by atoms with E-state index in [1.54, 1.807) is 6.20 Å². The Morgan fingerprint density at radius 1 is 1.47 bits per heavy atom. The lowest BCUT2D eigenvalue weighted by atomic mass is 9.93. The zero-order valence-corrected chi connectivity index (χ0v) is 9.15. The standard InChI is InChI=1S/C12H18N2O/c1-9-7-12(5-6-14-9)15-11-4-2-3-10(13)8-11/h5-7,10-11H,2-4,8,13H2,1H3. The van der Waals surface area contributed by atoms with Crippen molar-refractivity contribution in [3.63, 3.8) is 0 Å². The molecule has 3 nitrogen and oxygen atoms in total. The van der Waals surface area contributed by atoms with Crippen LogP contribution >= 0.6 is 0 Å². The predicted octanol–water partition coefficient (Wildman–Crippen LogP) is 2.04. The first-order valence-corrected chi connectivity index (χ1v) is 5.59. The average Bonchev–Trinajstić information content (AvgIpc) is 2.17. The number of hydrogen-bond donors (Lipinski definition) is 1. The minimum absolute atomic E-state index is 0.288. The molecule has 1 aromatic rings. The van der Waals surface area contributed by atoms with Gasteiger partial charge < -0.3 is 10.5 Å². The van der Waals surface area contributed by atoms with Gasteiger partial charge in [0.1, 0.15) is 11.9 Å². The Balaban J connectivity index is 1.96. The van der Waals surface area contributed by atoms with Gasteiger partial charge in [0.25, 0.3) is 0 Å². The highest BCUT2D eigenvalue weighted by Gasteiger charge is 2.20. The summed E-state index contributed by atoms with van der Waals surface area (Å²) in [5, 5.41) is 0. The second kappa shape index (κ2) is 4.62. The van der Waals surface area contributed by atoms with Crippen molar-refractivity contribution < 1.29 is 4.74 Å². The fourth-order valence-electron chi connectivity index (χ4n) is 2.07. The lowest BCUT2D eigenvalue weighted by molar-refractivity contribution is 0.144. The average molecular weight is 206 g/mol. The second-order valence-corrected chi connectivity index (χ2v) is 4.30. The van der Waals surface area contributed by atoms with Crippen LogP contribution < -0.4 is 10.5 Å². The summed E-state index contributed by atoms with van der Waals surface area (Å²) < 4.78 is 5.89. The van der Waals surface area contributed by atoms with Crippen LogP contribution in [0.4, 0.5) is 0 Å². The summed E-state index contributed by atoms with van der Waals surface area (Å²) >= 11 is 0. The van der Waals surface area contributed by atoms with E-state index in [1.807, 2.05) is 19.1 Å². The molecule has 1 saturated carbocycles. The highest BCUT2D eigenvalue weighted by Crippen LogP contribution is 2.22. The maximum atomic E-state index is 5.92. The smallest absolute Gasteiger partial charge is 0.123 e. The molecule has 82 valence electrons. The van der Waals surface area contributed by atoms with E-state index in [2.05, 4.69) is 4.98 Å². The summed E-state index contributed by atoms with van der Waals surface area (Å²) in [7, 11) is 0. The maximum absolute atomic E-state index is 5.92. The SMILES string of the molecule is Cc1cc(OC2CCCC(N)C2)ccn1. The van der Waals surface area contributed by atoms with Gasteiger partial charge in [0, 0.05) is 24.0 Å². The molecule has 15 heavy (non-hydrogen) atoms. The van der Waals surface area contributed by atoms with Crippen molar-refractivity contribution in [2.45, 2.75) is 44.8 Å². The normalized spacial score (nSPS) is 26.3. The summed E-state index contributed by atoms with van der Waals surface area (Å²) in [4.78, 5) is 4.14. The van der Waals surface area contributed by atoms with Crippen molar-refractivity contribution >= 4 is 0 Å². The predicted molar refractivity (Wildman–Crippen MR) is 59.8 cm³/mol. The molecule has 2 atom stereocenters. The highest BCUT2D eigenvalue weighted by atomic mass is 16.5. The fraction of sp³-hybridized carbons (Fsp3) is 0.583. The number of aryl methyl sites for hydroxylation is 1. The van der Waals surface area contributed by atoms with E-state index in [4.69, 9.17) is 10.5 Å². The van der Waals surface area contributed by atoms with Crippen molar-refractivity contribution in [3.8, 4) is 5.75 Å². The Hall–Kier alpha value is -1.09. The lowest BCUT2D eigenvalue weighted by Crippen LogP contribution is -2.33. The topological polar surface area (TPSA) is 48.1 Å². The molecule has 0 saturated heterocycles. The van der Waals surface area contributed by atoms with Crippen LogP contribution in [0, 0.1) is 6.92 Å². The van der Waals surface area contributed by atoms with Gasteiger partial charge >= 0.3 is 0 Å². The lowest BCUT2D eigenvalue weighted by Gasteiger charge is -2.27. The van der Waals surface area contributed by atoms with Gasteiger partial charge in [0.15, 0.2) is 0 Å². The molecule has 2 N–H and O–H groups in total. The molecule has 0 bridgehead atoms. The van der Waals surface area contributed by atoms with Crippen LogP contribution in [-0.2, 0) is 0 Å². The highest BCUT2D eigenvalue weighted by molar-refractivity contribution is 5.22. The number of nitrogens with two attached hydrogens (primary N) is 1. The largest absolute Gasteiger partial charge is 0.490 e. The Kier molecular flexibility index (Phi) is 3.21. The van der Waals surface area contributed by atoms with E-state index >= 15 is 0 Å². The van der Waals surface area contributed by atoms with Crippen molar-refractivity contribution in [2.24, 2.45) is 5.73 Å². The molecule has 0 aromatic carbocycles. The molecule has 2 rings (SSSR count). The molecule has 0 amide bonds. The minimum atomic E-state index is 0.288. The van der Waals surface area contributed by atoms with Crippen LogP contribution in [0.3, 0.4) is 0 Å². The molecule has 0 aliphatic heterocycles. The summed E-state index contributed by atoms with van der Waals surface area (Å²) in [6.45, 7) is 1.97. The summed E-state index contributed by atoms with van der Waals surface area (Å²) in [5.74, 6) is 0.918. The molecular formula is C12H18N2O. The fourth-order valence-corrected chi connectivity index (χ4v) is 2.07. The quantitative estimate of drug-likeness (QED) is 0.805. The molecule has 3 heteroatoms. The molecular weight excluding hydrogens is 188 g/mol. The monoisotopic (exact) mass is 206 g/mol. The van der Waals surface area contributed by atoms with Crippen molar-refractivity contribution in [3.05, 3.63) is 24.0 Å². The minimum Gasteiger partial charge on any atom is -0.490 e. The van der Waals surface area contributed by atoms with Gasteiger partial charge in [0.05, 0.1) is 0 Å². The summed E-state index contributed by atoms with van der Waals surface area (Å²) in [6.07, 6.45) is 6.48. The molecule has 2 unspecified atom stereocenters. The van der Waals surface area contributed by atoms with Crippen LogP contribution in [0.15, 0.2) is 18.3 Å². The van der Waals surface area contributed by atoms with Gasteiger partial charge in [-0.05, 0) is 38.7 Å². The van der Waals surface area contributed by atoms with Crippen LogP contribution in [0.1, 0.15) is 31.4 Å². The van der Waals surface area contributed by atoms with Crippen molar-refractivity contribution in [1.82, 2.24) is 4.98 Å². The number of aromatic nitrogens is 1. The van der Waals surface area contributed by atoms with Gasteiger partial charge in [-0.1, -0.05) is 0 Å². The zero-order valence-electron chi connectivity index (χ0n) is 9.15. The van der Waals surface area contributed by atoms with Gasteiger partial charge in [-0.2, -0.15) is 0 Å².